The van der Waals surface area contributed by atoms with Crippen molar-refractivity contribution in [1.29, 1.82) is 0 Å². The van der Waals surface area contributed by atoms with Crippen molar-refractivity contribution in [2.45, 2.75) is 51.9 Å². The molecule has 1 saturated carbocycles. The molecule has 0 radical (unpaired) electrons. The van der Waals surface area contributed by atoms with Crippen LogP contribution in [0.3, 0.4) is 0 Å². The van der Waals surface area contributed by atoms with Crippen molar-refractivity contribution < 1.29 is 13.9 Å². The number of hydrogen-bond acceptors (Lipinski definition) is 2. The van der Waals surface area contributed by atoms with Crippen LogP contribution in [0.15, 0.2) is 36.4 Å². The predicted octanol–water partition coefficient (Wildman–Crippen LogP) is 5.28. The summed E-state index contributed by atoms with van der Waals surface area (Å²) in [7, 11) is 0. The second-order valence-electron chi connectivity index (χ2n) is 6.06. The van der Waals surface area contributed by atoms with Gasteiger partial charge in [0.1, 0.15) is 11.6 Å². The zero-order valence-electron chi connectivity index (χ0n) is 13.3. The molecule has 0 spiro atoms. The second kappa shape index (κ2) is 8.72. The van der Waals surface area contributed by atoms with Crippen LogP contribution in [0.25, 0.3) is 0 Å². The van der Waals surface area contributed by atoms with Crippen LogP contribution >= 0.6 is 0 Å². The summed E-state index contributed by atoms with van der Waals surface area (Å²) in [6.45, 7) is 2.20. The molecule has 22 heavy (non-hydrogen) atoms. The first-order valence-electron chi connectivity index (χ1n) is 8.33. The smallest absolute Gasteiger partial charge is 0.314 e. The number of unbranched alkanes of at least 4 members (excludes halogenated alkanes) is 2. The van der Waals surface area contributed by atoms with Gasteiger partial charge in [0.15, 0.2) is 0 Å². The fourth-order valence-electron chi connectivity index (χ4n) is 2.86. The van der Waals surface area contributed by atoms with Gasteiger partial charge in [-0.2, -0.15) is 0 Å². The largest absolute Gasteiger partial charge is 0.426 e. The van der Waals surface area contributed by atoms with Crippen molar-refractivity contribution in [1.82, 2.24) is 0 Å². The fraction of sp³-hybridized carbons (Fsp3) is 0.526. The van der Waals surface area contributed by atoms with Crippen molar-refractivity contribution in [3.05, 3.63) is 42.2 Å². The topological polar surface area (TPSA) is 26.3 Å². The Bertz CT molecular complexity index is 485. The van der Waals surface area contributed by atoms with E-state index in [2.05, 4.69) is 19.1 Å². The van der Waals surface area contributed by atoms with Gasteiger partial charge < -0.3 is 4.74 Å². The normalized spacial score (nSPS) is 21.9. The monoisotopic (exact) mass is 304 g/mol. The zero-order valence-corrected chi connectivity index (χ0v) is 13.3. The van der Waals surface area contributed by atoms with Crippen LogP contribution in [0.1, 0.15) is 51.9 Å². The molecular formula is C19H25FO2. The van der Waals surface area contributed by atoms with E-state index >= 15 is 0 Å². The molecule has 0 atom stereocenters. The molecule has 2 nitrogen and oxygen atoms in total. The summed E-state index contributed by atoms with van der Waals surface area (Å²) < 4.78 is 18.2. The number of ether oxygens (including phenoxy) is 1. The van der Waals surface area contributed by atoms with Gasteiger partial charge in [-0.15, -0.1) is 0 Å². The van der Waals surface area contributed by atoms with E-state index in [0.717, 1.165) is 32.1 Å². The second-order valence-corrected chi connectivity index (χ2v) is 6.06. The van der Waals surface area contributed by atoms with Gasteiger partial charge in [-0.3, -0.25) is 4.79 Å². The number of esters is 1. The minimum Gasteiger partial charge on any atom is -0.426 e. The molecule has 2 rings (SSSR count). The van der Waals surface area contributed by atoms with Crippen molar-refractivity contribution in [2.24, 2.45) is 11.8 Å². The third kappa shape index (κ3) is 5.28. The van der Waals surface area contributed by atoms with E-state index in [-0.39, 0.29) is 17.7 Å². The van der Waals surface area contributed by atoms with Crippen molar-refractivity contribution in [3.8, 4) is 5.75 Å². The maximum Gasteiger partial charge on any atom is 0.314 e. The highest BCUT2D eigenvalue weighted by atomic mass is 19.1. The Kier molecular flexibility index (Phi) is 6.63. The molecule has 0 unspecified atom stereocenters. The van der Waals surface area contributed by atoms with Crippen LogP contribution in [-0.4, -0.2) is 5.97 Å². The van der Waals surface area contributed by atoms with E-state index < -0.39 is 0 Å². The lowest BCUT2D eigenvalue weighted by atomic mass is 9.82. The lowest BCUT2D eigenvalue weighted by molar-refractivity contribution is -0.140. The molecule has 0 aliphatic heterocycles. The van der Waals surface area contributed by atoms with E-state index in [0.29, 0.717) is 11.7 Å². The van der Waals surface area contributed by atoms with Gasteiger partial charge in [-0.05, 0) is 62.3 Å². The lowest BCUT2D eigenvalue weighted by Crippen LogP contribution is -2.25. The molecular weight excluding hydrogens is 279 g/mol. The summed E-state index contributed by atoms with van der Waals surface area (Å²) >= 11 is 0. The highest BCUT2D eigenvalue weighted by molar-refractivity contribution is 5.75. The van der Waals surface area contributed by atoms with E-state index in [1.807, 2.05) is 0 Å². The molecule has 0 aromatic heterocycles. The average molecular weight is 304 g/mol. The summed E-state index contributed by atoms with van der Waals surface area (Å²) in [5.74, 6) is 0.500. The van der Waals surface area contributed by atoms with Crippen LogP contribution in [0.5, 0.6) is 5.75 Å². The Labute approximate surface area is 132 Å². The summed E-state index contributed by atoms with van der Waals surface area (Å²) in [5, 5.41) is 0. The highest BCUT2D eigenvalue weighted by Crippen LogP contribution is 2.31. The average Bonchev–Trinajstić information content (AvgIpc) is 2.54. The minimum absolute atomic E-state index is 0.0228. The molecule has 0 bridgehead atoms. The number of benzene rings is 1. The first-order chi connectivity index (χ1) is 10.7. The molecule has 1 aromatic carbocycles. The van der Waals surface area contributed by atoms with Gasteiger partial charge in [0, 0.05) is 0 Å². The number of allylic oxidation sites excluding steroid dienone is 2. The van der Waals surface area contributed by atoms with Crippen LogP contribution in [0.4, 0.5) is 4.39 Å². The zero-order chi connectivity index (χ0) is 15.8. The van der Waals surface area contributed by atoms with Gasteiger partial charge in [0.05, 0.1) is 5.92 Å². The van der Waals surface area contributed by atoms with E-state index in [1.165, 1.54) is 37.1 Å². The summed E-state index contributed by atoms with van der Waals surface area (Å²) in [6, 6.07) is 5.60. The molecule has 0 amide bonds. The Morgan fingerprint density at radius 3 is 2.55 bits per heavy atom. The number of carbonyl (C=O) groups excluding carboxylic acids is 1. The van der Waals surface area contributed by atoms with Gasteiger partial charge in [0.25, 0.3) is 0 Å². The predicted molar refractivity (Wildman–Crippen MR) is 86.1 cm³/mol. The Morgan fingerprint density at radius 2 is 1.91 bits per heavy atom. The van der Waals surface area contributed by atoms with Crippen LogP contribution in [0.2, 0.25) is 0 Å². The maximum absolute atomic E-state index is 12.8. The number of carbonyl (C=O) groups is 1. The Hall–Kier alpha value is -1.64. The molecule has 1 aromatic rings. The van der Waals surface area contributed by atoms with Crippen LogP contribution < -0.4 is 4.74 Å². The van der Waals surface area contributed by atoms with Gasteiger partial charge in [-0.1, -0.05) is 31.9 Å². The standard InChI is InChI=1S/C19H25FO2/c1-2-3-4-5-6-15-7-9-16(10-8-15)19(21)22-18-13-11-17(20)12-14-18/h5-6,11-16H,2-4,7-10H2,1H3/b6-5+. The van der Waals surface area contributed by atoms with Crippen molar-refractivity contribution in [2.75, 3.05) is 0 Å². The molecule has 0 saturated heterocycles. The van der Waals surface area contributed by atoms with E-state index in [9.17, 15) is 9.18 Å². The van der Waals surface area contributed by atoms with Crippen LogP contribution in [0, 0.1) is 17.7 Å². The first-order valence-corrected chi connectivity index (χ1v) is 8.33. The molecule has 0 heterocycles. The van der Waals surface area contributed by atoms with Gasteiger partial charge in [0.2, 0.25) is 0 Å². The maximum atomic E-state index is 12.8. The number of hydrogen-bond donors (Lipinski definition) is 0. The van der Waals surface area contributed by atoms with Gasteiger partial charge in [-0.25, -0.2) is 4.39 Å². The molecule has 0 N–H and O–H groups in total. The van der Waals surface area contributed by atoms with Crippen LogP contribution in [-0.2, 0) is 4.79 Å². The highest BCUT2D eigenvalue weighted by Gasteiger charge is 2.26. The molecule has 120 valence electrons. The molecule has 1 fully saturated rings. The third-order valence-corrected chi connectivity index (χ3v) is 4.27. The summed E-state index contributed by atoms with van der Waals surface area (Å²) in [5.41, 5.74) is 0. The SMILES string of the molecule is CCCC/C=C/C1CCC(C(=O)Oc2ccc(F)cc2)CC1. The molecule has 3 heteroatoms. The summed E-state index contributed by atoms with van der Waals surface area (Å²) in [4.78, 5) is 12.1. The lowest BCUT2D eigenvalue weighted by Gasteiger charge is -2.25. The Morgan fingerprint density at radius 1 is 1.23 bits per heavy atom. The number of halogens is 1. The number of rotatable bonds is 6. The first kappa shape index (κ1) is 16.7. The summed E-state index contributed by atoms with van der Waals surface area (Å²) in [6.07, 6.45) is 12.1. The van der Waals surface area contributed by atoms with E-state index in [1.54, 1.807) is 0 Å². The van der Waals surface area contributed by atoms with E-state index in [4.69, 9.17) is 4.74 Å². The van der Waals surface area contributed by atoms with Crippen molar-refractivity contribution in [3.63, 3.8) is 0 Å². The molecule has 1 aliphatic rings. The fourth-order valence-corrected chi connectivity index (χ4v) is 2.86. The van der Waals surface area contributed by atoms with Gasteiger partial charge >= 0.3 is 5.97 Å². The minimum atomic E-state index is -0.324. The molecule has 1 aliphatic carbocycles. The Balaban J connectivity index is 1.75. The quantitative estimate of drug-likeness (QED) is 0.309. The van der Waals surface area contributed by atoms with Crippen molar-refractivity contribution >= 4 is 5.97 Å². The third-order valence-electron chi connectivity index (χ3n) is 4.27.